The van der Waals surface area contributed by atoms with Crippen LogP contribution in [0.5, 0.6) is 0 Å². The lowest BCUT2D eigenvalue weighted by atomic mass is 10.1. The van der Waals surface area contributed by atoms with Crippen molar-refractivity contribution in [2.45, 2.75) is 42.8 Å². The Bertz CT molecular complexity index is 483. The van der Waals surface area contributed by atoms with Gasteiger partial charge in [-0.15, -0.1) is 0 Å². The highest BCUT2D eigenvalue weighted by atomic mass is 79.9. The van der Waals surface area contributed by atoms with Crippen LogP contribution in [0, 0.1) is 0 Å². The normalized spacial score (nSPS) is 13.7. The number of nitrogens with zero attached hydrogens (tertiary/aromatic N) is 1. The van der Waals surface area contributed by atoms with Gasteiger partial charge in [-0.2, -0.15) is 0 Å². The predicted molar refractivity (Wildman–Crippen MR) is 83.3 cm³/mol. The first-order chi connectivity index (χ1) is 8.87. The number of hydrogen-bond donors (Lipinski definition) is 0. The van der Waals surface area contributed by atoms with Gasteiger partial charge in [0.1, 0.15) is 0 Å². The van der Waals surface area contributed by atoms with Crippen LogP contribution in [-0.2, 0) is 16.4 Å². The monoisotopic (exact) mass is 347 g/mol. The smallest absolute Gasteiger partial charge is 0.207 e. The molecule has 0 amide bonds. The van der Waals surface area contributed by atoms with Crippen LogP contribution >= 0.6 is 15.9 Å². The van der Waals surface area contributed by atoms with Crippen molar-refractivity contribution in [1.29, 1.82) is 0 Å². The summed E-state index contributed by atoms with van der Waals surface area (Å²) in [5.74, 6) is 0. The lowest BCUT2D eigenvalue weighted by Gasteiger charge is -2.18. The highest BCUT2D eigenvalue weighted by Gasteiger charge is 2.20. The molecule has 1 aromatic carbocycles. The van der Waals surface area contributed by atoms with Gasteiger partial charge in [-0.05, 0) is 30.5 Å². The zero-order chi connectivity index (χ0) is 14.5. The summed E-state index contributed by atoms with van der Waals surface area (Å²) in [7, 11) is -1.72. The van der Waals surface area contributed by atoms with E-state index in [0.29, 0.717) is 16.3 Å². The van der Waals surface area contributed by atoms with Crippen LogP contribution in [0.2, 0.25) is 0 Å². The van der Waals surface area contributed by atoms with Crippen LogP contribution in [0.3, 0.4) is 0 Å². The standard InChI is InChI=1S/C14H22BrNO2S/c1-4-5-13-6-8-14(9-7-13)19(17,18)16(3)11-10-12(2)15/h6-9,12H,4-5,10-11H2,1-3H3. The van der Waals surface area contributed by atoms with Gasteiger partial charge in [0.15, 0.2) is 0 Å². The number of benzene rings is 1. The average Bonchev–Trinajstić information content (AvgIpc) is 2.36. The topological polar surface area (TPSA) is 37.4 Å². The van der Waals surface area contributed by atoms with E-state index in [4.69, 9.17) is 0 Å². The SMILES string of the molecule is CCCc1ccc(S(=O)(=O)N(C)CCC(C)Br)cc1. The molecule has 0 aromatic heterocycles. The molecule has 19 heavy (non-hydrogen) atoms. The molecule has 5 heteroatoms. The molecule has 0 saturated heterocycles. The van der Waals surface area contributed by atoms with E-state index in [-0.39, 0.29) is 0 Å². The van der Waals surface area contributed by atoms with Gasteiger partial charge >= 0.3 is 0 Å². The molecule has 0 N–H and O–H groups in total. The van der Waals surface area contributed by atoms with Crippen LogP contribution < -0.4 is 0 Å². The molecule has 0 bridgehead atoms. The molecular formula is C14H22BrNO2S. The Morgan fingerprint density at radius 2 is 1.84 bits per heavy atom. The fraction of sp³-hybridized carbons (Fsp3) is 0.571. The van der Waals surface area contributed by atoms with Gasteiger partial charge in [0, 0.05) is 18.4 Å². The molecule has 0 aliphatic rings. The summed E-state index contributed by atoms with van der Waals surface area (Å²) in [6.45, 7) is 4.64. The third-order valence-electron chi connectivity index (χ3n) is 3.01. The number of sulfonamides is 1. The number of hydrogen-bond acceptors (Lipinski definition) is 2. The molecule has 0 radical (unpaired) electrons. The summed E-state index contributed by atoms with van der Waals surface area (Å²) >= 11 is 3.43. The molecule has 1 rings (SSSR count). The molecule has 0 aliphatic heterocycles. The summed E-state index contributed by atoms with van der Waals surface area (Å²) in [6, 6.07) is 7.21. The van der Waals surface area contributed by atoms with Crippen LogP contribution in [-0.4, -0.2) is 31.1 Å². The summed E-state index contributed by atoms with van der Waals surface area (Å²) in [6.07, 6.45) is 2.84. The van der Waals surface area contributed by atoms with E-state index in [1.54, 1.807) is 19.2 Å². The fourth-order valence-corrected chi connectivity index (χ4v) is 3.17. The van der Waals surface area contributed by atoms with Crippen molar-refractivity contribution in [2.24, 2.45) is 0 Å². The molecule has 1 unspecified atom stereocenters. The third-order valence-corrected chi connectivity index (χ3v) is 5.34. The lowest BCUT2D eigenvalue weighted by molar-refractivity contribution is 0.462. The molecule has 3 nitrogen and oxygen atoms in total. The Labute approximate surface area is 125 Å². The molecular weight excluding hydrogens is 326 g/mol. The number of halogens is 1. The van der Waals surface area contributed by atoms with Crippen molar-refractivity contribution in [3.63, 3.8) is 0 Å². The van der Waals surface area contributed by atoms with Gasteiger partial charge in [-0.25, -0.2) is 12.7 Å². The molecule has 0 aliphatic carbocycles. The zero-order valence-electron chi connectivity index (χ0n) is 11.8. The highest BCUT2D eigenvalue weighted by molar-refractivity contribution is 9.09. The first-order valence-electron chi connectivity index (χ1n) is 6.57. The van der Waals surface area contributed by atoms with Gasteiger partial charge < -0.3 is 0 Å². The first kappa shape index (κ1) is 16.7. The molecule has 0 saturated carbocycles. The van der Waals surface area contributed by atoms with E-state index >= 15 is 0 Å². The minimum atomic E-state index is -3.35. The van der Waals surface area contributed by atoms with Crippen molar-refractivity contribution in [1.82, 2.24) is 4.31 Å². The second-order valence-electron chi connectivity index (χ2n) is 4.79. The van der Waals surface area contributed by atoms with Crippen molar-refractivity contribution < 1.29 is 8.42 Å². The predicted octanol–water partition coefficient (Wildman–Crippen LogP) is 3.43. The Morgan fingerprint density at radius 3 is 2.32 bits per heavy atom. The van der Waals surface area contributed by atoms with Crippen molar-refractivity contribution in [3.05, 3.63) is 29.8 Å². The molecule has 1 atom stereocenters. The van der Waals surface area contributed by atoms with Crippen molar-refractivity contribution >= 4 is 26.0 Å². The van der Waals surface area contributed by atoms with E-state index in [2.05, 4.69) is 22.9 Å². The van der Waals surface area contributed by atoms with Crippen molar-refractivity contribution in [2.75, 3.05) is 13.6 Å². The summed E-state index contributed by atoms with van der Waals surface area (Å²) < 4.78 is 26.1. The summed E-state index contributed by atoms with van der Waals surface area (Å²) in [5, 5.41) is 0. The van der Waals surface area contributed by atoms with Gasteiger partial charge in [0.25, 0.3) is 0 Å². The van der Waals surface area contributed by atoms with Crippen LogP contribution in [0.15, 0.2) is 29.2 Å². The number of alkyl halides is 1. The van der Waals surface area contributed by atoms with E-state index in [1.165, 1.54) is 9.87 Å². The quantitative estimate of drug-likeness (QED) is 0.708. The Kier molecular flexibility index (Phi) is 6.50. The molecule has 1 aromatic rings. The van der Waals surface area contributed by atoms with E-state index in [0.717, 1.165) is 19.3 Å². The zero-order valence-corrected chi connectivity index (χ0v) is 14.2. The maximum atomic E-state index is 12.3. The fourth-order valence-electron chi connectivity index (χ4n) is 1.78. The van der Waals surface area contributed by atoms with E-state index < -0.39 is 10.0 Å². The first-order valence-corrected chi connectivity index (χ1v) is 8.93. The van der Waals surface area contributed by atoms with Gasteiger partial charge in [0.05, 0.1) is 4.90 Å². The summed E-state index contributed by atoms with van der Waals surface area (Å²) in [4.78, 5) is 0.689. The minimum absolute atomic E-state index is 0.317. The number of aryl methyl sites for hydroxylation is 1. The maximum absolute atomic E-state index is 12.3. The van der Waals surface area contributed by atoms with E-state index in [9.17, 15) is 8.42 Å². The van der Waals surface area contributed by atoms with Gasteiger partial charge in [-0.1, -0.05) is 48.3 Å². The summed E-state index contributed by atoms with van der Waals surface area (Å²) in [5.41, 5.74) is 1.18. The molecule has 0 heterocycles. The largest absolute Gasteiger partial charge is 0.242 e. The van der Waals surface area contributed by atoms with Crippen molar-refractivity contribution in [3.8, 4) is 0 Å². The Balaban J connectivity index is 2.81. The van der Waals surface area contributed by atoms with Crippen LogP contribution in [0.1, 0.15) is 32.3 Å². The molecule has 0 fully saturated rings. The van der Waals surface area contributed by atoms with Gasteiger partial charge in [-0.3, -0.25) is 0 Å². The van der Waals surface area contributed by atoms with Crippen LogP contribution in [0.4, 0.5) is 0 Å². The minimum Gasteiger partial charge on any atom is -0.207 e. The highest BCUT2D eigenvalue weighted by Crippen LogP contribution is 2.17. The Morgan fingerprint density at radius 1 is 1.26 bits per heavy atom. The third kappa shape index (κ3) is 4.89. The molecule has 108 valence electrons. The second-order valence-corrected chi connectivity index (χ2v) is 8.40. The lowest BCUT2D eigenvalue weighted by Crippen LogP contribution is -2.28. The van der Waals surface area contributed by atoms with Gasteiger partial charge in [0.2, 0.25) is 10.0 Å². The van der Waals surface area contributed by atoms with Crippen LogP contribution in [0.25, 0.3) is 0 Å². The Hall–Kier alpha value is -0.390. The molecule has 0 spiro atoms. The average molecular weight is 348 g/mol. The second kappa shape index (κ2) is 7.41. The van der Waals surface area contributed by atoms with E-state index in [1.807, 2.05) is 19.1 Å². The maximum Gasteiger partial charge on any atom is 0.242 e. The number of rotatable bonds is 7.